The highest BCUT2D eigenvalue weighted by Crippen LogP contribution is 2.13. The summed E-state index contributed by atoms with van der Waals surface area (Å²) in [6.07, 6.45) is 1.49. The highest BCUT2D eigenvalue weighted by atomic mass is 16.5. The maximum absolute atomic E-state index is 12.4. The molecule has 122 valence electrons. The number of rotatable bonds is 4. The van der Waals surface area contributed by atoms with E-state index in [4.69, 9.17) is 4.74 Å². The van der Waals surface area contributed by atoms with Crippen LogP contribution in [0.2, 0.25) is 0 Å². The Morgan fingerprint density at radius 3 is 2.52 bits per heavy atom. The number of amides is 1. The highest BCUT2D eigenvalue weighted by Gasteiger charge is 2.27. The van der Waals surface area contributed by atoms with E-state index in [0.29, 0.717) is 19.6 Å². The van der Waals surface area contributed by atoms with Crippen LogP contribution in [0.15, 0.2) is 36.0 Å². The van der Waals surface area contributed by atoms with Gasteiger partial charge < -0.3 is 15.0 Å². The second-order valence-corrected chi connectivity index (χ2v) is 6.00. The van der Waals surface area contributed by atoms with Crippen LogP contribution in [0.1, 0.15) is 25.0 Å². The molecule has 0 aromatic heterocycles. The van der Waals surface area contributed by atoms with Crippen LogP contribution in [-0.4, -0.2) is 36.1 Å². The molecule has 1 fully saturated rings. The highest BCUT2D eigenvalue weighted by molar-refractivity contribution is 5.97. The van der Waals surface area contributed by atoms with Gasteiger partial charge in [-0.1, -0.05) is 29.8 Å². The zero-order chi connectivity index (χ0) is 16.8. The van der Waals surface area contributed by atoms with Crippen LogP contribution in [-0.2, 0) is 16.1 Å². The fourth-order valence-corrected chi connectivity index (χ4v) is 2.63. The van der Waals surface area contributed by atoms with Crippen molar-refractivity contribution in [1.29, 1.82) is 5.26 Å². The predicted molar refractivity (Wildman–Crippen MR) is 88.3 cm³/mol. The van der Waals surface area contributed by atoms with E-state index >= 15 is 0 Å². The van der Waals surface area contributed by atoms with Gasteiger partial charge in [0.1, 0.15) is 11.6 Å². The second-order valence-electron chi connectivity index (χ2n) is 6.00. The van der Waals surface area contributed by atoms with E-state index in [9.17, 15) is 10.1 Å². The molecule has 0 bridgehead atoms. The van der Waals surface area contributed by atoms with E-state index in [2.05, 4.69) is 5.32 Å². The van der Waals surface area contributed by atoms with Crippen LogP contribution < -0.4 is 5.32 Å². The predicted octanol–water partition coefficient (Wildman–Crippen LogP) is 2.13. The van der Waals surface area contributed by atoms with Crippen molar-refractivity contribution < 1.29 is 9.53 Å². The molecule has 1 aromatic carbocycles. The van der Waals surface area contributed by atoms with Crippen molar-refractivity contribution in [3.05, 3.63) is 47.2 Å². The van der Waals surface area contributed by atoms with Gasteiger partial charge in [0.15, 0.2) is 0 Å². The Bertz CT molecular complexity index is 606. The van der Waals surface area contributed by atoms with Gasteiger partial charge in [-0.2, -0.15) is 5.26 Å². The summed E-state index contributed by atoms with van der Waals surface area (Å²) < 4.78 is 5.62. The van der Waals surface area contributed by atoms with E-state index in [1.165, 1.54) is 11.8 Å². The summed E-state index contributed by atoms with van der Waals surface area (Å²) in [5, 5.41) is 12.3. The fourth-order valence-electron chi connectivity index (χ4n) is 2.63. The Morgan fingerprint density at radius 1 is 1.35 bits per heavy atom. The average molecular weight is 313 g/mol. The third-order valence-corrected chi connectivity index (χ3v) is 3.73. The third-order valence-electron chi connectivity index (χ3n) is 3.73. The average Bonchev–Trinajstić information content (AvgIpc) is 2.52. The number of morpholine rings is 1. The van der Waals surface area contributed by atoms with Crippen LogP contribution in [0.25, 0.3) is 0 Å². The van der Waals surface area contributed by atoms with E-state index < -0.39 is 0 Å². The summed E-state index contributed by atoms with van der Waals surface area (Å²) in [6, 6.07) is 10.1. The lowest BCUT2D eigenvalue weighted by atomic mass is 10.1. The summed E-state index contributed by atoms with van der Waals surface area (Å²) in [7, 11) is 0. The molecule has 1 aromatic rings. The van der Waals surface area contributed by atoms with Crippen LogP contribution in [0.3, 0.4) is 0 Å². The SMILES string of the molecule is Cc1ccc(CN/C=C(/C#N)C(=O)N2CC(C)OC(C)C2)cc1. The van der Waals surface area contributed by atoms with Crippen molar-refractivity contribution in [2.75, 3.05) is 13.1 Å². The summed E-state index contributed by atoms with van der Waals surface area (Å²) in [5.74, 6) is -0.245. The van der Waals surface area contributed by atoms with Gasteiger partial charge in [-0.3, -0.25) is 4.79 Å². The monoisotopic (exact) mass is 313 g/mol. The number of benzene rings is 1. The van der Waals surface area contributed by atoms with Crippen molar-refractivity contribution in [3.8, 4) is 6.07 Å². The van der Waals surface area contributed by atoms with Crippen molar-refractivity contribution in [1.82, 2.24) is 10.2 Å². The van der Waals surface area contributed by atoms with Gasteiger partial charge >= 0.3 is 0 Å². The smallest absolute Gasteiger partial charge is 0.266 e. The maximum atomic E-state index is 12.4. The largest absolute Gasteiger partial charge is 0.386 e. The number of nitriles is 1. The molecule has 2 unspecified atom stereocenters. The van der Waals surface area contributed by atoms with E-state index in [-0.39, 0.29) is 23.7 Å². The Balaban J connectivity index is 1.96. The lowest BCUT2D eigenvalue weighted by Crippen LogP contribution is -2.48. The zero-order valence-corrected chi connectivity index (χ0v) is 13.9. The molecule has 1 saturated heterocycles. The zero-order valence-electron chi connectivity index (χ0n) is 13.9. The molecule has 0 saturated carbocycles. The van der Waals surface area contributed by atoms with Gasteiger partial charge in [-0.05, 0) is 26.3 Å². The molecule has 23 heavy (non-hydrogen) atoms. The molecule has 5 heteroatoms. The van der Waals surface area contributed by atoms with Gasteiger partial charge in [0, 0.05) is 25.8 Å². The van der Waals surface area contributed by atoms with Gasteiger partial charge in [0.05, 0.1) is 12.2 Å². The molecule has 2 atom stereocenters. The molecule has 0 radical (unpaired) electrons. The molecule has 1 N–H and O–H groups in total. The van der Waals surface area contributed by atoms with Crippen molar-refractivity contribution in [2.45, 2.75) is 39.5 Å². The van der Waals surface area contributed by atoms with Gasteiger partial charge in [-0.15, -0.1) is 0 Å². The molecular weight excluding hydrogens is 290 g/mol. The number of nitrogens with one attached hydrogen (secondary N) is 1. The second kappa shape index (κ2) is 7.80. The molecule has 1 aliphatic heterocycles. The van der Waals surface area contributed by atoms with Crippen LogP contribution in [0, 0.1) is 18.3 Å². The number of aryl methyl sites for hydroxylation is 1. The quantitative estimate of drug-likeness (QED) is 0.683. The molecule has 0 spiro atoms. The third kappa shape index (κ3) is 4.83. The minimum atomic E-state index is -0.245. The van der Waals surface area contributed by atoms with E-state index in [1.807, 2.05) is 51.1 Å². The molecule has 1 aliphatic rings. The standard InChI is InChI=1S/C18H23N3O2/c1-13-4-6-16(7-5-13)9-20-10-17(8-19)18(22)21-11-14(2)23-15(3)12-21/h4-7,10,14-15,20H,9,11-12H2,1-3H3/b17-10-. The molecule has 5 nitrogen and oxygen atoms in total. The Labute approximate surface area is 137 Å². The number of hydrogen-bond acceptors (Lipinski definition) is 4. The van der Waals surface area contributed by atoms with Gasteiger partial charge in [0.25, 0.3) is 5.91 Å². The Kier molecular flexibility index (Phi) is 5.78. The number of carbonyl (C=O) groups is 1. The maximum Gasteiger partial charge on any atom is 0.266 e. The van der Waals surface area contributed by atoms with Crippen molar-refractivity contribution in [3.63, 3.8) is 0 Å². The summed E-state index contributed by atoms with van der Waals surface area (Å²) in [4.78, 5) is 14.1. The first-order valence-corrected chi connectivity index (χ1v) is 7.83. The molecule has 0 aliphatic carbocycles. The van der Waals surface area contributed by atoms with E-state index in [0.717, 1.165) is 5.56 Å². The van der Waals surface area contributed by atoms with Crippen LogP contribution in [0.5, 0.6) is 0 Å². The minimum absolute atomic E-state index is 0.0110. The van der Waals surface area contributed by atoms with Gasteiger partial charge in [0.2, 0.25) is 0 Å². The van der Waals surface area contributed by atoms with E-state index in [1.54, 1.807) is 4.90 Å². The van der Waals surface area contributed by atoms with Gasteiger partial charge in [-0.25, -0.2) is 0 Å². The topological polar surface area (TPSA) is 65.4 Å². The number of carbonyl (C=O) groups excluding carboxylic acids is 1. The molecule has 2 rings (SSSR count). The minimum Gasteiger partial charge on any atom is -0.386 e. The Hall–Kier alpha value is -2.32. The summed E-state index contributed by atoms with van der Waals surface area (Å²) >= 11 is 0. The van der Waals surface area contributed by atoms with Crippen molar-refractivity contribution >= 4 is 5.91 Å². The fraction of sp³-hybridized carbons (Fsp3) is 0.444. The first-order valence-electron chi connectivity index (χ1n) is 7.83. The van der Waals surface area contributed by atoms with Crippen LogP contribution >= 0.6 is 0 Å². The lowest BCUT2D eigenvalue weighted by molar-refractivity contribution is -0.138. The lowest BCUT2D eigenvalue weighted by Gasteiger charge is -2.35. The Morgan fingerprint density at radius 2 is 1.96 bits per heavy atom. The number of nitrogens with zero attached hydrogens (tertiary/aromatic N) is 2. The molecule has 1 heterocycles. The van der Waals surface area contributed by atoms with Crippen LogP contribution in [0.4, 0.5) is 0 Å². The molecule has 1 amide bonds. The van der Waals surface area contributed by atoms with Crippen molar-refractivity contribution in [2.24, 2.45) is 0 Å². The normalized spacial score (nSPS) is 21.7. The summed E-state index contributed by atoms with van der Waals surface area (Å²) in [5.41, 5.74) is 2.43. The summed E-state index contributed by atoms with van der Waals surface area (Å²) in [6.45, 7) is 7.51. The first kappa shape index (κ1) is 17.0. The number of hydrogen-bond donors (Lipinski definition) is 1. The molecular formula is C18H23N3O2. The number of ether oxygens (including phenoxy) is 1. The first-order chi connectivity index (χ1) is 11.0.